The van der Waals surface area contributed by atoms with Crippen LogP contribution in [0.1, 0.15) is 35.3 Å². The van der Waals surface area contributed by atoms with Gasteiger partial charge < -0.3 is 5.32 Å². The number of anilines is 1. The molecular weight excluding hydrogens is 336 g/mol. The largest absolute Gasteiger partial charge is 0.322 e. The number of hydrogen-bond donors (Lipinski definition) is 1. The van der Waals surface area contributed by atoms with E-state index in [0.717, 1.165) is 5.56 Å². The summed E-state index contributed by atoms with van der Waals surface area (Å²) in [5, 5.41) is 2.79. The Morgan fingerprint density at radius 1 is 1.00 bits per heavy atom. The molecule has 0 aliphatic carbocycles. The summed E-state index contributed by atoms with van der Waals surface area (Å²) in [4.78, 5) is 12.7. The van der Waals surface area contributed by atoms with Gasteiger partial charge in [0.1, 0.15) is 0 Å². The summed E-state index contributed by atoms with van der Waals surface area (Å²) in [5.74, 6) is -0.256. The first kappa shape index (κ1) is 19.1. The number of nitrogens with zero attached hydrogens (tertiary/aromatic N) is 1. The fourth-order valence-electron chi connectivity index (χ4n) is 2.68. The monoisotopic (exact) mass is 360 g/mol. The number of amides is 1. The van der Waals surface area contributed by atoms with Gasteiger partial charge in [0.15, 0.2) is 0 Å². The molecule has 0 aliphatic rings. The van der Waals surface area contributed by atoms with Crippen LogP contribution < -0.4 is 5.32 Å². The van der Waals surface area contributed by atoms with Crippen LogP contribution in [0.3, 0.4) is 0 Å². The molecule has 2 aromatic rings. The van der Waals surface area contributed by atoms with Gasteiger partial charge in [0.25, 0.3) is 5.91 Å². The van der Waals surface area contributed by atoms with E-state index in [-0.39, 0.29) is 10.8 Å². The van der Waals surface area contributed by atoms with Crippen molar-refractivity contribution < 1.29 is 13.2 Å². The van der Waals surface area contributed by atoms with Crippen molar-refractivity contribution in [1.82, 2.24) is 4.31 Å². The first-order valence-corrected chi connectivity index (χ1v) is 9.73. The van der Waals surface area contributed by atoms with Gasteiger partial charge in [-0.05, 0) is 43.2 Å². The molecule has 25 heavy (non-hydrogen) atoms. The van der Waals surface area contributed by atoms with Gasteiger partial charge in [-0.2, -0.15) is 4.31 Å². The Morgan fingerprint density at radius 2 is 1.64 bits per heavy atom. The van der Waals surface area contributed by atoms with Gasteiger partial charge in [0.2, 0.25) is 10.0 Å². The molecule has 5 nitrogen and oxygen atoms in total. The predicted molar refractivity (Wildman–Crippen MR) is 100 cm³/mol. The highest BCUT2D eigenvalue weighted by Crippen LogP contribution is 2.24. The summed E-state index contributed by atoms with van der Waals surface area (Å²) < 4.78 is 27.0. The number of nitrogens with one attached hydrogen (secondary N) is 1. The molecular formula is C19H24N2O3S. The van der Waals surface area contributed by atoms with Crippen molar-refractivity contribution in [2.75, 3.05) is 18.4 Å². The Hall–Kier alpha value is -2.18. The Labute approximate surface area is 149 Å². The van der Waals surface area contributed by atoms with Crippen molar-refractivity contribution in [2.24, 2.45) is 0 Å². The summed E-state index contributed by atoms with van der Waals surface area (Å²) in [5.41, 5.74) is 2.55. The fourth-order valence-corrected chi connectivity index (χ4v) is 4.39. The molecule has 1 amide bonds. The molecule has 0 heterocycles. The number of carbonyl (C=O) groups is 1. The van der Waals surface area contributed by atoms with Gasteiger partial charge in [-0.25, -0.2) is 8.42 Å². The van der Waals surface area contributed by atoms with E-state index >= 15 is 0 Å². The third-order valence-electron chi connectivity index (χ3n) is 4.16. The lowest BCUT2D eigenvalue weighted by molar-refractivity contribution is 0.102. The van der Waals surface area contributed by atoms with Gasteiger partial charge >= 0.3 is 0 Å². The molecule has 134 valence electrons. The van der Waals surface area contributed by atoms with Gasteiger partial charge in [0.05, 0.1) is 4.90 Å². The Bertz CT molecular complexity index is 872. The van der Waals surface area contributed by atoms with E-state index in [2.05, 4.69) is 5.32 Å². The van der Waals surface area contributed by atoms with E-state index in [9.17, 15) is 13.2 Å². The van der Waals surface area contributed by atoms with E-state index in [0.29, 0.717) is 29.9 Å². The third-order valence-corrected chi connectivity index (χ3v) is 6.35. The Morgan fingerprint density at radius 3 is 2.24 bits per heavy atom. The van der Waals surface area contributed by atoms with E-state index in [4.69, 9.17) is 0 Å². The van der Waals surface area contributed by atoms with Gasteiger partial charge in [-0.1, -0.05) is 38.1 Å². The highest BCUT2D eigenvalue weighted by molar-refractivity contribution is 7.89. The summed E-state index contributed by atoms with van der Waals surface area (Å²) in [6, 6.07) is 12.2. The molecule has 1 N–H and O–H groups in total. The number of rotatable bonds is 6. The molecule has 0 radical (unpaired) electrons. The third kappa shape index (κ3) is 4.08. The van der Waals surface area contributed by atoms with Crippen LogP contribution in [0.4, 0.5) is 5.69 Å². The molecule has 0 bridgehead atoms. The number of carbonyl (C=O) groups excluding carboxylic acids is 1. The van der Waals surface area contributed by atoms with Crippen LogP contribution in [0.15, 0.2) is 47.4 Å². The molecule has 0 aliphatic heterocycles. The van der Waals surface area contributed by atoms with Crippen molar-refractivity contribution in [3.63, 3.8) is 0 Å². The maximum atomic E-state index is 12.8. The Kier molecular flexibility index (Phi) is 5.98. The van der Waals surface area contributed by atoms with Crippen LogP contribution in [-0.2, 0) is 10.0 Å². The van der Waals surface area contributed by atoms with Crippen LogP contribution >= 0.6 is 0 Å². The van der Waals surface area contributed by atoms with Crippen molar-refractivity contribution in [2.45, 2.75) is 32.6 Å². The molecule has 0 fully saturated rings. The molecule has 2 rings (SSSR count). The highest BCUT2D eigenvalue weighted by Gasteiger charge is 2.24. The maximum absolute atomic E-state index is 12.8. The number of aryl methyl sites for hydroxylation is 2. The van der Waals surface area contributed by atoms with E-state index in [1.54, 1.807) is 45.0 Å². The zero-order chi connectivity index (χ0) is 18.6. The lowest BCUT2D eigenvalue weighted by Gasteiger charge is -2.20. The highest BCUT2D eigenvalue weighted by atomic mass is 32.2. The molecule has 0 saturated carbocycles. The molecule has 0 unspecified atom stereocenters. The minimum absolute atomic E-state index is 0.221. The standard InChI is InChI=1S/C19H24N2O3S/c1-5-21(6-2)25(23,24)18-13-16(12-11-15(18)4)20-19(22)17-10-8-7-9-14(17)3/h7-13H,5-6H2,1-4H3,(H,20,22). The first-order valence-electron chi connectivity index (χ1n) is 8.29. The maximum Gasteiger partial charge on any atom is 0.255 e. The predicted octanol–water partition coefficient (Wildman–Crippen LogP) is 3.59. The number of hydrogen-bond acceptors (Lipinski definition) is 3. The summed E-state index contributed by atoms with van der Waals surface area (Å²) in [6.45, 7) is 8.03. The zero-order valence-electron chi connectivity index (χ0n) is 15.0. The summed E-state index contributed by atoms with van der Waals surface area (Å²) >= 11 is 0. The molecule has 0 aromatic heterocycles. The minimum atomic E-state index is -3.58. The molecule has 0 spiro atoms. The van der Waals surface area contributed by atoms with E-state index < -0.39 is 10.0 Å². The van der Waals surface area contributed by atoms with Crippen LogP contribution in [-0.4, -0.2) is 31.7 Å². The lowest BCUT2D eigenvalue weighted by atomic mass is 10.1. The lowest BCUT2D eigenvalue weighted by Crippen LogP contribution is -2.31. The van der Waals surface area contributed by atoms with Gasteiger partial charge in [-0.3, -0.25) is 4.79 Å². The average molecular weight is 360 g/mol. The quantitative estimate of drug-likeness (QED) is 0.856. The molecule has 2 aromatic carbocycles. The van der Waals surface area contributed by atoms with Crippen LogP contribution in [0.2, 0.25) is 0 Å². The van der Waals surface area contributed by atoms with Crippen LogP contribution in [0.25, 0.3) is 0 Å². The smallest absolute Gasteiger partial charge is 0.255 e. The van der Waals surface area contributed by atoms with Crippen molar-refractivity contribution in [3.8, 4) is 0 Å². The number of benzene rings is 2. The second-order valence-corrected chi connectivity index (χ2v) is 7.75. The molecule has 0 saturated heterocycles. The van der Waals surface area contributed by atoms with E-state index in [1.165, 1.54) is 10.4 Å². The SMILES string of the molecule is CCN(CC)S(=O)(=O)c1cc(NC(=O)c2ccccc2C)ccc1C. The topological polar surface area (TPSA) is 66.5 Å². The van der Waals surface area contributed by atoms with Crippen LogP contribution in [0.5, 0.6) is 0 Å². The second kappa shape index (κ2) is 7.80. The van der Waals surface area contributed by atoms with Crippen molar-refractivity contribution in [3.05, 3.63) is 59.2 Å². The van der Waals surface area contributed by atoms with Crippen LogP contribution in [0, 0.1) is 13.8 Å². The zero-order valence-corrected chi connectivity index (χ0v) is 15.9. The minimum Gasteiger partial charge on any atom is -0.322 e. The van der Waals surface area contributed by atoms with Gasteiger partial charge in [-0.15, -0.1) is 0 Å². The van der Waals surface area contributed by atoms with Crippen molar-refractivity contribution in [1.29, 1.82) is 0 Å². The van der Waals surface area contributed by atoms with Gasteiger partial charge in [0, 0.05) is 24.3 Å². The summed E-state index contributed by atoms with van der Waals surface area (Å²) in [6.07, 6.45) is 0. The Balaban J connectivity index is 2.37. The normalized spacial score (nSPS) is 11.6. The average Bonchev–Trinajstić information content (AvgIpc) is 2.57. The molecule has 0 atom stereocenters. The van der Waals surface area contributed by atoms with Crippen molar-refractivity contribution >= 4 is 21.6 Å². The summed E-state index contributed by atoms with van der Waals surface area (Å²) in [7, 11) is -3.58. The molecule has 6 heteroatoms. The second-order valence-electron chi connectivity index (χ2n) is 5.84. The fraction of sp³-hybridized carbons (Fsp3) is 0.316. The number of sulfonamides is 1. The first-order chi connectivity index (χ1) is 11.8. The van der Waals surface area contributed by atoms with E-state index in [1.807, 2.05) is 19.1 Å².